The largest absolute Gasteiger partial charge is 0.439 e. The van der Waals surface area contributed by atoms with E-state index in [2.05, 4.69) is 4.98 Å². The van der Waals surface area contributed by atoms with E-state index in [4.69, 9.17) is 4.74 Å². The molecule has 0 radical (unpaired) electrons. The minimum atomic E-state index is -0.599. The topological polar surface area (TPSA) is 62.7 Å². The molecule has 1 atom stereocenters. The zero-order valence-electron chi connectivity index (χ0n) is 14.3. The molecule has 2 aliphatic heterocycles. The summed E-state index contributed by atoms with van der Waals surface area (Å²) < 4.78 is 19.3. The average molecular weight is 355 g/mol. The number of likely N-dealkylation sites (N-methyl/N-ethyl adjacent to an activating group) is 1. The van der Waals surface area contributed by atoms with Crippen molar-refractivity contribution in [2.24, 2.45) is 0 Å². The Balaban J connectivity index is 1.49. The lowest BCUT2D eigenvalue weighted by atomic mass is 10.0. The fraction of sp³-hybridized carbons (Fsp3) is 0.316. The van der Waals surface area contributed by atoms with E-state index in [1.54, 1.807) is 36.2 Å². The minimum Gasteiger partial charge on any atom is -0.439 e. The third-order valence-corrected chi connectivity index (χ3v) is 4.91. The molecule has 134 valence electrons. The van der Waals surface area contributed by atoms with E-state index < -0.39 is 11.4 Å². The Labute approximate surface area is 150 Å². The number of ether oxygens (including phenoxy) is 1. The highest BCUT2D eigenvalue weighted by atomic mass is 19.1. The normalized spacial score (nSPS) is 22.2. The van der Waals surface area contributed by atoms with Crippen molar-refractivity contribution in [3.63, 3.8) is 0 Å². The van der Waals surface area contributed by atoms with Gasteiger partial charge in [0.25, 0.3) is 5.91 Å². The highest BCUT2D eigenvalue weighted by molar-refractivity contribution is 5.95. The van der Waals surface area contributed by atoms with Crippen LogP contribution in [0.5, 0.6) is 0 Å². The van der Waals surface area contributed by atoms with Crippen molar-refractivity contribution < 1.29 is 18.7 Å². The lowest BCUT2D eigenvalue weighted by Crippen LogP contribution is -2.39. The number of amides is 2. The zero-order valence-corrected chi connectivity index (χ0v) is 14.3. The SMILES string of the molecule is CN1C[C@]2(CCN(C(=O)c3ccc(-c4ncccc4F)cc3)C2)OC1=O. The molecule has 6 nitrogen and oxygen atoms in total. The van der Waals surface area contributed by atoms with Crippen molar-refractivity contribution in [1.82, 2.24) is 14.8 Å². The van der Waals surface area contributed by atoms with Gasteiger partial charge in [0, 0.05) is 37.3 Å². The molecule has 2 fully saturated rings. The van der Waals surface area contributed by atoms with Gasteiger partial charge in [-0.1, -0.05) is 12.1 Å². The van der Waals surface area contributed by atoms with Crippen molar-refractivity contribution in [1.29, 1.82) is 0 Å². The Hall–Kier alpha value is -2.96. The van der Waals surface area contributed by atoms with Gasteiger partial charge in [0.15, 0.2) is 5.60 Å². The highest BCUT2D eigenvalue weighted by Crippen LogP contribution is 2.32. The number of hydrogen-bond donors (Lipinski definition) is 0. The summed E-state index contributed by atoms with van der Waals surface area (Å²) in [5.41, 5.74) is 0.787. The van der Waals surface area contributed by atoms with Crippen LogP contribution in [0.4, 0.5) is 9.18 Å². The van der Waals surface area contributed by atoms with E-state index in [9.17, 15) is 14.0 Å². The third kappa shape index (κ3) is 2.79. The molecule has 2 amide bonds. The molecule has 2 aliphatic rings. The fourth-order valence-corrected chi connectivity index (χ4v) is 3.57. The predicted octanol–water partition coefficient (Wildman–Crippen LogP) is 2.55. The Bertz CT molecular complexity index is 871. The van der Waals surface area contributed by atoms with E-state index in [1.807, 2.05) is 0 Å². The molecule has 0 aliphatic carbocycles. The number of benzene rings is 1. The van der Waals surface area contributed by atoms with E-state index in [0.717, 1.165) is 0 Å². The molecule has 4 rings (SSSR count). The highest BCUT2D eigenvalue weighted by Gasteiger charge is 2.49. The summed E-state index contributed by atoms with van der Waals surface area (Å²) in [5.74, 6) is -0.527. The van der Waals surface area contributed by atoms with Gasteiger partial charge in [-0.2, -0.15) is 0 Å². The van der Waals surface area contributed by atoms with Crippen LogP contribution in [0.3, 0.4) is 0 Å². The van der Waals surface area contributed by atoms with Gasteiger partial charge >= 0.3 is 6.09 Å². The number of hydrogen-bond acceptors (Lipinski definition) is 4. The van der Waals surface area contributed by atoms with E-state index in [-0.39, 0.29) is 17.7 Å². The van der Waals surface area contributed by atoms with Gasteiger partial charge in [-0.15, -0.1) is 0 Å². The quantitative estimate of drug-likeness (QED) is 0.831. The van der Waals surface area contributed by atoms with Crippen molar-refractivity contribution in [2.45, 2.75) is 12.0 Å². The predicted molar refractivity (Wildman–Crippen MR) is 92.0 cm³/mol. The first-order chi connectivity index (χ1) is 12.5. The van der Waals surface area contributed by atoms with Crippen molar-refractivity contribution in [3.8, 4) is 11.3 Å². The molecule has 26 heavy (non-hydrogen) atoms. The summed E-state index contributed by atoms with van der Waals surface area (Å²) in [6.45, 7) is 1.42. The van der Waals surface area contributed by atoms with Crippen molar-refractivity contribution in [2.75, 3.05) is 26.7 Å². The van der Waals surface area contributed by atoms with Crippen LogP contribution < -0.4 is 0 Å². The summed E-state index contributed by atoms with van der Waals surface area (Å²) in [4.78, 5) is 31.7. The smallest absolute Gasteiger partial charge is 0.410 e. The molecule has 2 aromatic rings. The number of rotatable bonds is 2. The first-order valence-electron chi connectivity index (χ1n) is 8.42. The number of pyridine rings is 1. The second kappa shape index (κ2) is 6.09. The molecule has 0 N–H and O–H groups in total. The monoisotopic (exact) mass is 355 g/mol. The summed E-state index contributed by atoms with van der Waals surface area (Å²) in [6.07, 6.45) is 1.81. The maximum absolute atomic E-state index is 13.8. The molecule has 0 unspecified atom stereocenters. The molecule has 0 saturated carbocycles. The van der Waals surface area contributed by atoms with Crippen LogP contribution in [0.1, 0.15) is 16.8 Å². The number of nitrogens with zero attached hydrogens (tertiary/aromatic N) is 3. The van der Waals surface area contributed by atoms with Crippen LogP contribution in [0.2, 0.25) is 0 Å². The Kier molecular flexibility index (Phi) is 3.86. The summed E-state index contributed by atoms with van der Waals surface area (Å²) in [7, 11) is 1.69. The minimum absolute atomic E-state index is 0.125. The average Bonchev–Trinajstić information content (AvgIpc) is 3.17. The fourth-order valence-electron chi connectivity index (χ4n) is 3.57. The molecule has 0 bridgehead atoms. The van der Waals surface area contributed by atoms with Crippen molar-refractivity contribution >= 4 is 12.0 Å². The van der Waals surface area contributed by atoms with Gasteiger partial charge in [0.2, 0.25) is 0 Å². The molecular weight excluding hydrogens is 337 g/mol. The van der Waals surface area contributed by atoms with Gasteiger partial charge in [0.1, 0.15) is 11.5 Å². The molecule has 1 aromatic heterocycles. The number of aromatic nitrogens is 1. The van der Waals surface area contributed by atoms with Crippen LogP contribution in [-0.4, -0.2) is 59.1 Å². The van der Waals surface area contributed by atoms with E-state index >= 15 is 0 Å². The maximum atomic E-state index is 13.8. The number of halogens is 1. The maximum Gasteiger partial charge on any atom is 0.410 e. The van der Waals surface area contributed by atoms with Crippen molar-refractivity contribution in [3.05, 3.63) is 54.0 Å². The molecule has 2 saturated heterocycles. The molecule has 7 heteroatoms. The standard InChI is InChI=1S/C19H18FN3O3/c1-22-11-19(26-18(22)25)8-10-23(12-19)17(24)14-6-4-13(5-7-14)16-15(20)3-2-9-21-16/h2-7,9H,8,10-12H2,1H3/t19-/m0/s1. The number of carbonyl (C=O) groups is 2. The molecule has 1 spiro atoms. The van der Waals surface area contributed by atoms with Gasteiger partial charge in [-0.05, 0) is 24.3 Å². The van der Waals surface area contributed by atoms with Crippen LogP contribution in [0, 0.1) is 5.82 Å². The number of carbonyl (C=O) groups excluding carboxylic acids is 2. The lowest BCUT2D eigenvalue weighted by Gasteiger charge is -2.21. The van der Waals surface area contributed by atoms with Gasteiger partial charge in [-0.25, -0.2) is 9.18 Å². The summed E-state index contributed by atoms with van der Waals surface area (Å²) in [6, 6.07) is 9.60. The molecule has 1 aromatic carbocycles. The second-order valence-electron chi connectivity index (χ2n) is 6.79. The van der Waals surface area contributed by atoms with Gasteiger partial charge in [-0.3, -0.25) is 9.78 Å². The van der Waals surface area contributed by atoms with Gasteiger partial charge < -0.3 is 14.5 Å². The summed E-state index contributed by atoms with van der Waals surface area (Å²) >= 11 is 0. The second-order valence-corrected chi connectivity index (χ2v) is 6.79. The molecule has 3 heterocycles. The zero-order chi connectivity index (χ0) is 18.3. The van der Waals surface area contributed by atoms with Crippen LogP contribution in [0.25, 0.3) is 11.3 Å². The van der Waals surface area contributed by atoms with Crippen LogP contribution >= 0.6 is 0 Å². The number of likely N-dealkylation sites (tertiary alicyclic amines) is 1. The summed E-state index contributed by atoms with van der Waals surface area (Å²) in [5, 5.41) is 0. The van der Waals surface area contributed by atoms with E-state index in [1.165, 1.54) is 23.2 Å². The van der Waals surface area contributed by atoms with Gasteiger partial charge in [0.05, 0.1) is 13.1 Å². The van der Waals surface area contributed by atoms with E-state index in [0.29, 0.717) is 37.2 Å². The van der Waals surface area contributed by atoms with Crippen LogP contribution in [-0.2, 0) is 4.74 Å². The molecular formula is C19H18FN3O3. The Morgan fingerprint density at radius 3 is 2.65 bits per heavy atom. The lowest BCUT2D eigenvalue weighted by molar-refractivity contribution is 0.0553. The Morgan fingerprint density at radius 1 is 1.23 bits per heavy atom. The first-order valence-corrected chi connectivity index (χ1v) is 8.42. The van der Waals surface area contributed by atoms with Crippen LogP contribution in [0.15, 0.2) is 42.6 Å². The third-order valence-electron chi connectivity index (χ3n) is 4.91. The Morgan fingerprint density at radius 2 is 2.00 bits per heavy atom. The first kappa shape index (κ1) is 16.5.